The second kappa shape index (κ2) is 10.4. The Kier molecular flexibility index (Phi) is 7.09. The minimum absolute atomic E-state index is 0.00688. The van der Waals surface area contributed by atoms with E-state index in [1.54, 1.807) is 31.6 Å². The zero-order chi connectivity index (χ0) is 23.2. The molecule has 1 fully saturated rings. The van der Waals surface area contributed by atoms with Crippen molar-refractivity contribution in [2.24, 2.45) is 0 Å². The van der Waals surface area contributed by atoms with Crippen molar-refractivity contribution < 1.29 is 14.3 Å². The number of aromatic nitrogens is 4. The Morgan fingerprint density at radius 1 is 1.12 bits per heavy atom. The molecule has 0 radical (unpaired) electrons. The molecule has 2 aromatic heterocycles. The molecule has 172 valence electrons. The molecule has 9 nitrogen and oxygen atoms in total. The van der Waals surface area contributed by atoms with Crippen molar-refractivity contribution in [1.29, 1.82) is 0 Å². The maximum absolute atomic E-state index is 13.1. The Bertz CT molecular complexity index is 1080. The fourth-order valence-corrected chi connectivity index (χ4v) is 3.86. The van der Waals surface area contributed by atoms with Gasteiger partial charge < -0.3 is 19.3 Å². The molecule has 1 aliphatic heterocycles. The highest BCUT2D eigenvalue weighted by Crippen LogP contribution is 2.34. The number of nitrogens with zero attached hydrogens (tertiary/aromatic N) is 6. The van der Waals surface area contributed by atoms with Crippen molar-refractivity contribution in [3.05, 3.63) is 60.4 Å². The van der Waals surface area contributed by atoms with Gasteiger partial charge in [0.2, 0.25) is 5.95 Å². The lowest BCUT2D eigenvalue weighted by Gasteiger charge is -2.19. The molecule has 1 aromatic carbocycles. The van der Waals surface area contributed by atoms with E-state index in [-0.39, 0.29) is 11.8 Å². The molecular weight excluding hydrogens is 420 g/mol. The first-order chi connectivity index (χ1) is 16.1. The van der Waals surface area contributed by atoms with Crippen molar-refractivity contribution in [2.45, 2.75) is 12.3 Å². The Morgan fingerprint density at radius 3 is 2.58 bits per heavy atom. The van der Waals surface area contributed by atoms with Crippen molar-refractivity contribution >= 4 is 11.9 Å². The summed E-state index contributed by atoms with van der Waals surface area (Å²) >= 11 is 0. The SMILES string of the molecule is COCCOc1ccc(C(=O)N2CC[C@@H](c3nc(N(C)C)ncc3-c3cncnc3)C2)cc1. The lowest BCUT2D eigenvalue weighted by atomic mass is 9.97. The number of carbonyl (C=O) groups is 1. The smallest absolute Gasteiger partial charge is 0.253 e. The Balaban J connectivity index is 1.51. The molecule has 0 aliphatic carbocycles. The second-order valence-electron chi connectivity index (χ2n) is 8.09. The Hall–Kier alpha value is -3.59. The van der Waals surface area contributed by atoms with E-state index < -0.39 is 0 Å². The van der Waals surface area contributed by atoms with E-state index in [4.69, 9.17) is 14.5 Å². The predicted octanol–water partition coefficient (Wildman–Crippen LogP) is 2.65. The zero-order valence-electron chi connectivity index (χ0n) is 19.1. The number of ether oxygens (including phenoxy) is 2. The number of hydrogen-bond acceptors (Lipinski definition) is 8. The summed E-state index contributed by atoms with van der Waals surface area (Å²) in [7, 11) is 5.46. The molecule has 0 N–H and O–H groups in total. The quantitative estimate of drug-likeness (QED) is 0.486. The number of hydrogen-bond donors (Lipinski definition) is 0. The Labute approximate surface area is 193 Å². The van der Waals surface area contributed by atoms with Crippen LogP contribution in [0.3, 0.4) is 0 Å². The first-order valence-electron chi connectivity index (χ1n) is 10.9. The fraction of sp³-hybridized carbons (Fsp3) is 0.375. The number of anilines is 1. The molecule has 1 amide bonds. The average molecular weight is 449 g/mol. The van der Waals surface area contributed by atoms with Gasteiger partial charge in [-0.05, 0) is 30.7 Å². The number of methoxy groups -OCH3 is 1. The maximum atomic E-state index is 13.1. The largest absolute Gasteiger partial charge is 0.491 e. The van der Waals surface area contributed by atoms with Crippen LogP contribution in [0.25, 0.3) is 11.1 Å². The highest BCUT2D eigenvalue weighted by atomic mass is 16.5. The number of benzene rings is 1. The van der Waals surface area contributed by atoms with Gasteiger partial charge >= 0.3 is 0 Å². The van der Waals surface area contributed by atoms with Crippen LogP contribution in [0.4, 0.5) is 5.95 Å². The summed E-state index contributed by atoms with van der Waals surface area (Å²) in [5.41, 5.74) is 3.33. The minimum atomic E-state index is 0.00688. The third-order valence-corrected chi connectivity index (χ3v) is 5.60. The summed E-state index contributed by atoms with van der Waals surface area (Å²) in [6, 6.07) is 7.24. The minimum Gasteiger partial charge on any atom is -0.491 e. The van der Waals surface area contributed by atoms with Gasteiger partial charge in [-0.25, -0.2) is 19.9 Å². The number of amides is 1. The van der Waals surface area contributed by atoms with Gasteiger partial charge in [0.25, 0.3) is 5.91 Å². The summed E-state index contributed by atoms with van der Waals surface area (Å²) in [4.78, 5) is 34.5. The highest BCUT2D eigenvalue weighted by molar-refractivity contribution is 5.94. The number of rotatable bonds is 8. The topological polar surface area (TPSA) is 93.6 Å². The highest BCUT2D eigenvalue weighted by Gasteiger charge is 2.31. The standard InChI is InChI=1S/C24H28N6O3/c1-29(2)24-27-14-21(19-12-25-16-26-13-19)22(28-24)18-8-9-30(15-18)23(31)17-4-6-20(7-5-17)33-11-10-32-3/h4-7,12-14,16,18H,8-11,15H2,1-3H3/t18-/m1/s1. The molecule has 1 atom stereocenters. The van der Waals surface area contributed by atoms with Crippen LogP contribution in [0.15, 0.2) is 49.2 Å². The molecule has 0 saturated carbocycles. The van der Waals surface area contributed by atoms with Crippen LogP contribution < -0.4 is 9.64 Å². The van der Waals surface area contributed by atoms with Crippen molar-refractivity contribution in [2.75, 3.05) is 52.4 Å². The predicted molar refractivity (Wildman–Crippen MR) is 124 cm³/mol. The van der Waals surface area contributed by atoms with Gasteiger partial charge in [0.05, 0.1) is 12.3 Å². The lowest BCUT2D eigenvalue weighted by Crippen LogP contribution is -2.28. The lowest BCUT2D eigenvalue weighted by molar-refractivity contribution is 0.0790. The van der Waals surface area contributed by atoms with Crippen molar-refractivity contribution in [3.8, 4) is 16.9 Å². The van der Waals surface area contributed by atoms with Crippen LogP contribution >= 0.6 is 0 Å². The van der Waals surface area contributed by atoms with Crippen molar-refractivity contribution in [3.63, 3.8) is 0 Å². The third-order valence-electron chi connectivity index (χ3n) is 5.60. The van der Waals surface area contributed by atoms with E-state index in [1.165, 1.54) is 6.33 Å². The van der Waals surface area contributed by atoms with E-state index in [0.29, 0.717) is 37.8 Å². The van der Waals surface area contributed by atoms with Gasteiger partial charge in [-0.3, -0.25) is 4.79 Å². The Morgan fingerprint density at radius 2 is 1.88 bits per heavy atom. The first kappa shape index (κ1) is 22.6. The average Bonchev–Trinajstić information content (AvgIpc) is 3.34. The fourth-order valence-electron chi connectivity index (χ4n) is 3.86. The summed E-state index contributed by atoms with van der Waals surface area (Å²) in [6.45, 7) is 2.25. The van der Waals surface area contributed by atoms with Crippen LogP contribution in [-0.2, 0) is 4.74 Å². The van der Waals surface area contributed by atoms with Gasteiger partial charge in [0.15, 0.2) is 0 Å². The molecule has 0 unspecified atom stereocenters. The second-order valence-corrected chi connectivity index (χ2v) is 8.09. The molecule has 3 aromatic rings. The molecule has 3 heterocycles. The van der Waals surface area contributed by atoms with Gasteiger partial charge in [-0.2, -0.15) is 0 Å². The zero-order valence-corrected chi connectivity index (χ0v) is 19.1. The molecule has 1 aliphatic rings. The van der Waals surface area contributed by atoms with E-state index in [9.17, 15) is 4.79 Å². The maximum Gasteiger partial charge on any atom is 0.253 e. The van der Waals surface area contributed by atoms with Crippen LogP contribution in [0.5, 0.6) is 5.75 Å². The third kappa shape index (κ3) is 5.25. The molecular formula is C24H28N6O3. The van der Waals surface area contributed by atoms with Crippen molar-refractivity contribution in [1.82, 2.24) is 24.8 Å². The van der Waals surface area contributed by atoms with E-state index in [1.807, 2.05) is 42.2 Å². The van der Waals surface area contributed by atoms with Gasteiger partial charge in [-0.1, -0.05) is 0 Å². The summed E-state index contributed by atoms with van der Waals surface area (Å²) < 4.78 is 10.6. The number of likely N-dealkylation sites (tertiary alicyclic amines) is 1. The van der Waals surface area contributed by atoms with Gasteiger partial charge in [0.1, 0.15) is 18.7 Å². The molecule has 0 bridgehead atoms. The normalized spacial score (nSPS) is 15.5. The monoisotopic (exact) mass is 448 g/mol. The van der Waals surface area contributed by atoms with Gasteiger partial charge in [0, 0.05) is 75.5 Å². The molecule has 1 saturated heterocycles. The van der Waals surface area contributed by atoms with E-state index >= 15 is 0 Å². The van der Waals surface area contributed by atoms with Gasteiger partial charge in [-0.15, -0.1) is 0 Å². The molecule has 33 heavy (non-hydrogen) atoms. The molecule has 0 spiro atoms. The van der Waals surface area contributed by atoms with E-state index in [0.717, 1.165) is 29.0 Å². The summed E-state index contributed by atoms with van der Waals surface area (Å²) in [5, 5.41) is 0. The van der Waals surface area contributed by atoms with Crippen LogP contribution in [0.1, 0.15) is 28.4 Å². The van der Waals surface area contributed by atoms with Crippen LogP contribution in [0.2, 0.25) is 0 Å². The van der Waals surface area contributed by atoms with Crippen LogP contribution in [-0.4, -0.2) is 78.3 Å². The molecule has 9 heteroatoms. The van der Waals surface area contributed by atoms with E-state index in [2.05, 4.69) is 15.0 Å². The van der Waals surface area contributed by atoms with Crippen LogP contribution in [0, 0.1) is 0 Å². The molecule has 4 rings (SSSR count). The summed E-state index contributed by atoms with van der Waals surface area (Å²) in [5.74, 6) is 1.46. The summed E-state index contributed by atoms with van der Waals surface area (Å²) in [6.07, 6.45) is 7.68. The number of carbonyl (C=O) groups excluding carboxylic acids is 1. The first-order valence-corrected chi connectivity index (χ1v) is 10.9.